The second kappa shape index (κ2) is 8.96. The van der Waals surface area contributed by atoms with Crippen LogP contribution in [0.25, 0.3) is 5.69 Å². The standard InChI is InChI=1S/C23H26ClFN4O3/c1-4-28-21(13-30)26-29(23(28)31)16-10-15-8-9-27(22(15)20(11-16)32-14(2)3)12-17-18(24)6-5-7-19(17)25/h5-7,10-11,14,30H,4,8-9,12-13H2,1-3H3. The Hall–Kier alpha value is -2.84. The van der Waals surface area contributed by atoms with Gasteiger partial charge < -0.3 is 14.7 Å². The number of aromatic nitrogens is 3. The Morgan fingerprint density at radius 1 is 1.31 bits per heavy atom. The minimum absolute atomic E-state index is 0.105. The van der Waals surface area contributed by atoms with E-state index in [4.69, 9.17) is 16.3 Å². The van der Waals surface area contributed by atoms with Crippen LogP contribution in [0.3, 0.4) is 0 Å². The third-order valence-electron chi connectivity index (χ3n) is 5.52. The highest BCUT2D eigenvalue weighted by atomic mass is 35.5. The molecule has 0 aliphatic carbocycles. The maximum atomic E-state index is 14.4. The summed E-state index contributed by atoms with van der Waals surface area (Å²) in [6.07, 6.45) is 0.603. The van der Waals surface area contributed by atoms with Crippen molar-refractivity contribution in [2.75, 3.05) is 11.4 Å². The number of aliphatic hydroxyl groups is 1. The van der Waals surface area contributed by atoms with Crippen molar-refractivity contribution in [1.82, 2.24) is 14.3 Å². The Kier molecular flexibility index (Phi) is 6.26. The van der Waals surface area contributed by atoms with Crippen LogP contribution in [0.5, 0.6) is 5.75 Å². The lowest BCUT2D eigenvalue weighted by atomic mass is 10.1. The van der Waals surface area contributed by atoms with E-state index in [1.807, 2.05) is 31.7 Å². The van der Waals surface area contributed by atoms with Gasteiger partial charge in [-0.25, -0.2) is 9.18 Å². The van der Waals surface area contributed by atoms with E-state index in [-0.39, 0.29) is 24.2 Å². The van der Waals surface area contributed by atoms with Crippen molar-refractivity contribution >= 4 is 17.3 Å². The monoisotopic (exact) mass is 460 g/mol. The summed E-state index contributed by atoms with van der Waals surface area (Å²) in [5.74, 6) is 0.559. The van der Waals surface area contributed by atoms with Gasteiger partial charge in [0.1, 0.15) is 18.2 Å². The molecule has 3 aromatic rings. The number of benzene rings is 2. The molecule has 32 heavy (non-hydrogen) atoms. The fourth-order valence-electron chi connectivity index (χ4n) is 4.10. The molecule has 0 saturated carbocycles. The van der Waals surface area contributed by atoms with Gasteiger partial charge in [-0.3, -0.25) is 4.57 Å². The highest BCUT2D eigenvalue weighted by molar-refractivity contribution is 6.31. The molecular formula is C23H26ClFN4O3. The summed E-state index contributed by atoms with van der Waals surface area (Å²) in [5.41, 5.74) is 2.53. The van der Waals surface area contributed by atoms with E-state index >= 15 is 0 Å². The third kappa shape index (κ3) is 4.00. The molecule has 1 N–H and O–H groups in total. The second-order valence-electron chi connectivity index (χ2n) is 8.00. The van der Waals surface area contributed by atoms with Crippen LogP contribution in [0.1, 0.15) is 37.7 Å². The zero-order valence-corrected chi connectivity index (χ0v) is 19.1. The third-order valence-corrected chi connectivity index (χ3v) is 5.87. The maximum Gasteiger partial charge on any atom is 0.350 e. The molecule has 1 aliphatic rings. The van der Waals surface area contributed by atoms with E-state index in [0.29, 0.717) is 53.9 Å². The molecule has 7 nitrogen and oxygen atoms in total. The minimum Gasteiger partial charge on any atom is -0.489 e. The molecule has 0 spiro atoms. The Labute approximate surface area is 190 Å². The van der Waals surface area contributed by atoms with Gasteiger partial charge in [0.15, 0.2) is 5.82 Å². The molecule has 0 fully saturated rings. The number of rotatable bonds is 7. The molecule has 0 bridgehead atoms. The zero-order valence-electron chi connectivity index (χ0n) is 18.3. The smallest absolute Gasteiger partial charge is 0.350 e. The SMILES string of the molecule is CCn1c(CO)nn(-c2cc3c(c(OC(C)C)c2)N(Cc2c(F)cccc2Cl)CC3)c1=O. The number of halogens is 2. The van der Waals surface area contributed by atoms with E-state index in [9.17, 15) is 14.3 Å². The first-order valence-corrected chi connectivity index (χ1v) is 11.0. The summed E-state index contributed by atoms with van der Waals surface area (Å²) in [7, 11) is 0. The number of aliphatic hydroxyl groups excluding tert-OH is 1. The summed E-state index contributed by atoms with van der Waals surface area (Å²) in [4.78, 5) is 14.9. The van der Waals surface area contributed by atoms with Gasteiger partial charge in [-0.2, -0.15) is 4.68 Å². The van der Waals surface area contributed by atoms with Gasteiger partial charge in [-0.05, 0) is 51.0 Å². The summed E-state index contributed by atoms with van der Waals surface area (Å²) in [5, 5.41) is 14.3. The average molecular weight is 461 g/mol. The van der Waals surface area contributed by atoms with Crippen molar-refractivity contribution in [3.05, 3.63) is 68.6 Å². The number of hydrogen-bond acceptors (Lipinski definition) is 5. The van der Waals surface area contributed by atoms with Crippen LogP contribution in [-0.4, -0.2) is 32.1 Å². The fraction of sp³-hybridized carbons (Fsp3) is 0.391. The van der Waals surface area contributed by atoms with E-state index in [1.165, 1.54) is 15.3 Å². The fourth-order valence-corrected chi connectivity index (χ4v) is 4.33. The quantitative estimate of drug-likeness (QED) is 0.582. The van der Waals surface area contributed by atoms with Crippen LogP contribution < -0.4 is 15.3 Å². The second-order valence-corrected chi connectivity index (χ2v) is 8.41. The predicted octanol–water partition coefficient (Wildman–Crippen LogP) is 3.69. The summed E-state index contributed by atoms with van der Waals surface area (Å²) in [6.45, 7) is 6.74. The highest BCUT2D eigenvalue weighted by Gasteiger charge is 2.27. The first-order chi connectivity index (χ1) is 15.3. The lowest BCUT2D eigenvalue weighted by molar-refractivity contribution is 0.243. The number of nitrogens with zero attached hydrogens (tertiary/aromatic N) is 4. The Morgan fingerprint density at radius 2 is 2.09 bits per heavy atom. The van der Waals surface area contributed by atoms with Gasteiger partial charge in [0.25, 0.3) is 0 Å². The maximum absolute atomic E-state index is 14.4. The highest BCUT2D eigenvalue weighted by Crippen LogP contribution is 2.41. The molecule has 1 aliphatic heterocycles. The van der Waals surface area contributed by atoms with Gasteiger partial charge in [0.2, 0.25) is 0 Å². The molecular weight excluding hydrogens is 435 g/mol. The summed E-state index contributed by atoms with van der Waals surface area (Å²) in [6, 6.07) is 8.35. The number of ether oxygens (including phenoxy) is 1. The van der Waals surface area contributed by atoms with Gasteiger partial charge in [-0.15, -0.1) is 5.10 Å². The Morgan fingerprint density at radius 3 is 2.72 bits per heavy atom. The molecule has 9 heteroatoms. The van der Waals surface area contributed by atoms with Gasteiger partial charge >= 0.3 is 5.69 Å². The molecule has 0 atom stereocenters. The van der Waals surface area contributed by atoms with Crippen molar-refractivity contribution < 1.29 is 14.2 Å². The van der Waals surface area contributed by atoms with Crippen LogP contribution in [0.2, 0.25) is 5.02 Å². The molecule has 0 unspecified atom stereocenters. The topological polar surface area (TPSA) is 72.5 Å². The first-order valence-electron chi connectivity index (χ1n) is 10.6. The molecule has 4 rings (SSSR count). The lowest BCUT2D eigenvalue weighted by Gasteiger charge is -2.24. The van der Waals surface area contributed by atoms with Gasteiger partial charge in [-0.1, -0.05) is 17.7 Å². The van der Waals surface area contributed by atoms with Gasteiger partial charge in [0.05, 0.1) is 17.5 Å². The molecule has 0 radical (unpaired) electrons. The van der Waals surface area contributed by atoms with Crippen LogP contribution in [0.15, 0.2) is 35.1 Å². The molecule has 170 valence electrons. The van der Waals surface area contributed by atoms with Crippen LogP contribution in [-0.2, 0) is 26.1 Å². The largest absolute Gasteiger partial charge is 0.489 e. The predicted molar refractivity (Wildman–Crippen MR) is 121 cm³/mol. The van der Waals surface area contributed by atoms with E-state index in [1.54, 1.807) is 18.2 Å². The summed E-state index contributed by atoms with van der Waals surface area (Å²) < 4.78 is 23.2. The normalized spacial score (nSPS) is 13.2. The zero-order chi connectivity index (χ0) is 23.0. The van der Waals surface area contributed by atoms with Crippen LogP contribution in [0.4, 0.5) is 10.1 Å². The molecule has 0 amide bonds. The number of anilines is 1. The molecule has 2 aromatic carbocycles. The van der Waals surface area contributed by atoms with Crippen molar-refractivity contribution in [3.8, 4) is 11.4 Å². The number of fused-ring (bicyclic) bond motifs is 1. The van der Waals surface area contributed by atoms with E-state index in [0.717, 1.165) is 11.3 Å². The Bertz CT molecular complexity index is 1180. The Balaban J connectivity index is 1.80. The average Bonchev–Trinajstić information content (AvgIpc) is 3.30. The first kappa shape index (κ1) is 22.4. The van der Waals surface area contributed by atoms with Gasteiger partial charge in [0, 0.05) is 36.3 Å². The summed E-state index contributed by atoms with van der Waals surface area (Å²) >= 11 is 6.26. The molecule has 2 heterocycles. The van der Waals surface area contributed by atoms with Crippen molar-refractivity contribution in [2.24, 2.45) is 0 Å². The lowest BCUT2D eigenvalue weighted by Crippen LogP contribution is -2.24. The van der Waals surface area contributed by atoms with Crippen LogP contribution in [0, 0.1) is 5.82 Å². The van der Waals surface area contributed by atoms with Crippen molar-refractivity contribution in [3.63, 3.8) is 0 Å². The number of hydrogen-bond donors (Lipinski definition) is 1. The molecule has 1 aromatic heterocycles. The van der Waals surface area contributed by atoms with E-state index in [2.05, 4.69) is 5.10 Å². The molecule has 0 saturated heterocycles. The van der Waals surface area contributed by atoms with Crippen molar-refractivity contribution in [1.29, 1.82) is 0 Å². The minimum atomic E-state index is -0.345. The van der Waals surface area contributed by atoms with E-state index < -0.39 is 0 Å². The van der Waals surface area contributed by atoms with Crippen LogP contribution >= 0.6 is 11.6 Å². The van der Waals surface area contributed by atoms with Crippen molar-refractivity contribution in [2.45, 2.75) is 53.0 Å².